The second-order valence-corrected chi connectivity index (χ2v) is 5.11. The number of rotatable bonds is 6. The number of anilines is 1. The number of carbonyl (C=O) groups excluding carboxylic acids is 1. The molecule has 19 heavy (non-hydrogen) atoms. The standard InChI is InChI=1S/C13H16N2O3S/c1-18-9-5-6-10-11(8-9)19-13(14-10)15-12(17)4-2-3-7-16/h5-6,8,16H,2-4,7H2,1H3,(H,14,15,17). The number of methoxy groups -OCH3 is 1. The van der Waals surface area contributed by atoms with Crippen molar-refractivity contribution >= 4 is 32.6 Å². The van der Waals surface area contributed by atoms with Crippen LogP contribution in [0.2, 0.25) is 0 Å². The van der Waals surface area contributed by atoms with E-state index in [1.165, 1.54) is 11.3 Å². The molecule has 0 saturated carbocycles. The number of aliphatic hydroxyl groups is 1. The summed E-state index contributed by atoms with van der Waals surface area (Å²) < 4.78 is 6.12. The Bertz CT molecular complexity index is 568. The van der Waals surface area contributed by atoms with E-state index in [-0.39, 0.29) is 12.5 Å². The van der Waals surface area contributed by atoms with Crippen LogP contribution >= 0.6 is 11.3 Å². The zero-order chi connectivity index (χ0) is 13.7. The molecule has 1 heterocycles. The molecule has 1 aromatic carbocycles. The molecule has 2 N–H and O–H groups in total. The number of aliphatic hydroxyl groups excluding tert-OH is 1. The van der Waals surface area contributed by atoms with Gasteiger partial charge >= 0.3 is 0 Å². The van der Waals surface area contributed by atoms with Crippen molar-refractivity contribution in [1.82, 2.24) is 4.98 Å². The van der Waals surface area contributed by atoms with E-state index in [0.717, 1.165) is 16.0 Å². The molecule has 1 aromatic heterocycles. The molecular weight excluding hydrogens is 264 g/mol. The Morgan fingerprint density at radius 2 is 2.32 bits per heavy atom. The molecule has 0 aliphatic heterocycles. The number of hydrogen-bond acceptors (Lipinski definition) is 5. The number of benzene rings is 1. The fraction of sp³-hybridized carbons (Fsp3) is 0.385. The van der Waals surface area contributed by atoms with Gasteiger partial charge in [-0.3, -0.25) is 4.79 Å². The van der Waals surface area contributed by atoms with Crippen LogP contribution in [0.4, 0.5) is 5.13 Å². The third-order valence-electron chi connectivity index (χ3n) is 2.65. The van der Waals surface area contributed by atoms with Gasteiger partial charge in [-0.25, -0.2) is 4.98 Å². The summed E-state index contributed by atoms with van der Waals surface area (Å²) in [5.74, 6) is 0.705. The highest BCUT2D eigenvalue weighted by atomic mass is 32.1. The average molecular weight is 280 g/mol. The van der Waals surface area contributed by atoms with Gasteiger partial charge in [-0.2, -0.15) is 0 Å². The first-order valence-electron chi connectivity index (χ1n) is 6.08. The maximum atomic E-state index is 11.6. The van der Waals surface area contributed by atoms with E-state index in [1.807, 2.05) is 18.2 Å². The molecule has 0 saturated heterocycles. The van der Waals surface area contributed by atoms with Gasteiger partial charge in [0.25, 0.3) is 0 Å². The summed E-state index contributed by atoms with van der Waals surface area (Å²) >= 11 is 1.42. The summed E-state index contributed by atoms with van der Waals surface area (Å²) in [6, 6.07) is 5.61. The Balaban J connectivity index is 2.02. The van der Waals surface area contributed by atoms with Crippen LogP contribution in [0.25, 0.3) is 10.2 Å². The van der Waals surface area contributed by atoms with Crippen molar-refractivity contribution in [3.05, 3.63) is 18.2 Å². The van der Waals surface area contributed by atoms with Gasteiger partial charge < -0.3 is 15.2 Å². The van der Waals surface area contributed by atoms with Gasteiger partial charge in [-0.05, 0) is 31.0 Å². The molecule has 6 heteroatoms. The SMILES string of the molecule is COc1ccc2nc(NC(=O)CCCCO)sc2c1. The lowest BCUT2D eigenvalue weighted by Crippen LogP contribution is -2.10. The molecule has 0 spiro atoms. The molecule has 0 atom stereocenters. The smallest absolute Gasteiger partial charge is 0.226 e. The topological polar surface area (TPSA) is 71.5 Å². The third kappa shape index (κ3) is 3.65. The molecule has 2 rings (SSSR count). The number of nitrogens with zero attached hydrogens (tertiary/aromatic N) is 1. The van der Waals surface area contributed by atoms with Crippen molar-refractivity contribution < 1.29 is 14.6 Å². The van der Waals surface area contributed by atoms with Gasteiger partial charge in [0.1, 0.15) is 5.75 Å². The second-order valence-electron chi connectivity index (χ2n) is 4.08. The summed E-state index contributed by atoms with van der Waals surface area (Å²) in [6.45, 7) is 0.119. The summed E-state index contributed by atoms with van der Waals surface area (Å²) in [4.78, 5) is 16.0. The molecule has 0 radical (unpaired) electrons. The average Bonchev–Trinajstić information content (AvgIpc) is 2.79. The lowest BCUT2D eigenvalue weighted by Gasteiger charge is -1.99. The van der Waals surface area contributed by atoms with Crippen LogP contribution in [0.1, 0.15) is 19.3 Å². The van der Waals surface area contributed by atoms with Crippen LogP contribution in [0, 0.1) is 0 Å². The van der Waals surface area contributed by atoms with Gasteiger partial charge in [0.05, 0.1) is 17.3 Å². The predicted molar refractivity (Wildman–Crippen MR) is 75.7 cm³/mol. The van der Waals surface area contributed by atoms with Crippen molar-refractivity contribution in [3.63, 3.8) is 0 Å². The van der Waals surface area contributed by atoms with E-state index < -0.39 is 0 Å². The number of carbonyl (C=O) groups is 1. The molecule has 0 bridgehead atoms. The van der Waals surface area contributed by atoms with Crippen LogP contribution < -0.4 is 10.1 Å². The van der Waals surface area contributed by atoms with E-state index in [9.17, 15) is 4.79 Å². The zero-order valence-corrected chi connectivity index (χ0v) is 11.5. The summed E-state index contributed by atoms with van der Waals surface area (Å²) in [6.07, 6.45) is 1.73. The fourth-order valence-electron chi connectivity index (χ4n) is 1.66. The molecule has 0 fully saturated rings. The van der Waals surface area contributed by atoms with E-state index in [4.69, 9.17) is 9.84 Å². The van der Waals surface area contributed by atoms with Crippen LogP contribution in [0.5, 0.6) is 5.75 Å². The number of nitrogens with one attached hydrogen (secondary N) is 1. The Morgan fingerprint density at radius 3 is 3.05 bits per heavy atom. The Labute approximate surface area is 115 Å². The van der Waals surface area contributed by atoms with Crippen molar-refractivity contribution in [3.8, 4) is 5.75 Å². The lowest BCUT2D eigenvalue weighted by atomic mass is 10.2. The second kappa shape index (κ2) is 6.49. The number of ether oxygens (including phenoxy) is 1. The van der Waals surface area contributed by atoms with Crippen LogP contribution in [0.3, 0.4) is 0 Å². The lowest BCUT2D eigenvalue weighted by molar-refractivity contribution is -0.116. The molecule has 5 nitrogen and oxygen atoms in total. The number of fused-ring (bicyclic) bond motifs is 1. The van der Waals surface area contributed by atoms with E-state index in [1.54, 1.807) is 7.11 Å². The molecule has 0 aliphatic carbocycles. The van der Waals surface area contributed by atoms with Gasteiger partial charge in [0, 0.05) is 13.0 Å². The third-order valence-corrected chi connectivity index (χ3v) is 3.59. The Hall–Kier alpha value is -1.66. The maximum Gasteiger partial charge on any atom is 0.226 e. The summed E-state index contributed by atoms with van der Waals surface area (Å²) in [7, 11) is 1.62. The molecule has 0 unspecified atom stereocenters. The monoisotopic (exact) mass is 280 g/mol. The van der Waals surface area contributed by atoms with Crippen LogP contribution in [-0.2, 0) is 4.79 Å². The van der Waals surface area contributed by atoms with Gasteiger partial charge in [-0.1, -0.05) is 11.3 Å². The van der Waals surface area contributed by atoms with Crippen molar-refractivity contribution in [2.75, 3.05) is 19.0 Å². The predicted octanol–water partition coefficient (Wildman–Crippen LogP) is 2.41. The normalized spacial score (nSPS) is 10.6. The molecule has 1 amide bonds. The Kier molecular flexibility index (Phi) is 4.70. The summed E-state index contributed by atoms with van der Waals surface area (Å²) in [5, 5.41) is 12.0. The highest BCUT2D eigenvalue weighted by molar-refractivity contribution is 7.22. The molecule has 102 valence electrons. The molecule has 0 aliphatic rings. The molecule has 2 aromatic rings. The van der Waals surface area contributed by atoms with E-state index in [0.29, 0.717) is 24.4 Å². The number of aromatic nitrogens is 1. The first-order valence-corrected chi connectivity index (χ1v) is 6.90. The number of thiazole rings is 1. The quantitative estimate of drug-likeness (QED) is 0.797. The molecular formula is C13H16N2O3S. The van der Waals surface area contributed by atoms with Gasteiger partial charge in [0.15, 0.2) is 5.13 Å². The summed E-state index contributed by atoms with van der Waals surface area (Å²) in [5.41, 5.74) is 0.844. The largest absolute Gasteiger partial charge is 0.497 e. The maximum absolute atomic E-state index is 11.6. The number of amides is 1. The minimum Gasteiger partial charge on any atom is -0.497 e. The van der Waals surface area contributed by atoms with Gasteiger partial charge in [-0.15, -0.1) is 0 Å². The van der Waals surface area contributed by atoms with Crippen LogP contribution in [0.15, 0.2) is 18.2 Å². The highest BCUT2D eigenvalue weighted by Crippen LogP contribution is 2.29. The van der Waals surface area contributed by atoms with Crippen molar-refractivity contribution in [1.29, 1.82) is 0 Å². The number of unbranched alkanes of at least 4 members (excludes halogenated alkanes) is 1. The fourth-order valence-corrected chi connectivity index (χ4v) is 2.58. The van der Waals surface area contributed by atoms with E-state index in [2.05, 4.69) is 10.3 Å². The minimum absolute atomic E-state index is 0.0699. The van der Waals surface area contributed by atoms with Crippen LogP contribution in [-0.4, -0.2) is 29.7 Å². The zero-order valence-electron chi connectivity index (χ0n) is 10.7. The van der Waals surface area contributed by atoms with Crippen molar-refractivity contribution in [2.45, 2.75) is 19.3 Å². The first-order chi connectivity index (χ1) is 9.22. The van der Waals surface area contributed by atoms with E-state index >= 15 is 0 Å². The first kappa shape index (κ1) is 13.8. The Morgan fingerprint density at radius 1 is 1.47 bits per heavy atom. The van der Waals surface area contributed by atoms with Gasteiger partial charge in [0.2, 0.25) is 5.91 Å². The minimum atomic E-state index is -0.0699. The number of hydrogen-bond donors (Lipinski definition) is 2. The highest BCUT2D eigenvalue weighted by Gasteiger charge is 2.08. The van der Waals surface area contributed by atoms with Crippen molar-refractivity contribution in [2.24, 2.45) is 0 Å².